The third kappa shape index (κ3) is 8.30. The van der Waals surface area contributed by atoms with Crippen molar-refractivity contribution in [3.63, 3.8) is 0 Å². The summed E-state index contributed by atoms with van der Waals surface area (Å²) in [5.74, 6) is -1.91. The normalized spacial score (nSPS) is 17.4. The maximum atomic E-state index is 10.6. The number of likely N-dealkylation sites (N-methyl/N-ethyl adjacent to an activating group) is 1. The summed E-state index contributed by atoms with van der Waals surface area (Å²) in [7, 11) is 2.14. The second kappa shape index (κ2) is 10.6. The van der Waals surface area contributed by atoms with E-state index in [2.05, 4.69) is 28.0 Å². The van der Waals surface area contributed by atoms with Gasteiger partial charge in [0.15, 0.2) is 0 Å². The van der Waals surface area contributed by atoms with Crippen molar-refractivity contribution in [3.8, 4) is 5.75 Å². The zero-order valence-electron chi connectivity index (χ0n) is 15.8. The molecular formula is C20H22F3N3O3. The maximum absolute atomic E-state index is 10.6. The van der Waals surface area contributed by atoms with Gasteiger partial charge in [-0.25, -0.2) is 4.79 Å². The molecule has 3 heterocycles. The van der Waals surface area contributed by atoms with E-state index in [9.17, 15) is 13.2 Å². The van der Waals surface area contributed by atoms with Gasteiger partial charge >= 0.3 is 12.1 Å². The number of piperidine rings is 1. The van der Waals surface area contributed by atoms with Crippen molar-refractivity contribution in [2.75, 3.05) is 20.1 Å². The number of carbonyl (C=O) groups is 1. The van der Waals surface area contributed by atoms with E-state index in [0.717, 1.165) is 36.4 Å². The minimum atomic E-state index is -5.08. The van der Waals surface area contributed by atoms with Crippen LogP contribution in [0.3, 0.4) is 0 Å². The average molecular weight is 409 g/mol. The summed E-state index contributed by atoms with van der Waals surface area (Å²) in [6, 6.07) is 5.99. The molecule has 0 aliphatic carbocycles. The molecule has 1 N–H and O–H groups in total. The van der Waals surface area contributed by atoms with Crippen molar-refractivity contribution in [1.82, 2.24) is 14.9 Å². The molecule has 1 unspecified atom stereocenters. The summed E-state index contributed by atoms with van der Waals surface area (Å²) < 4.78 is 37.8. The van der Waals surface area contributed by atoms with Crippen LogP contribution in [0.1, 0.15) is 24.0 Å². The Balaban J connectivity index is 0.000000370. The number of hydrogen-bond acceptors (Lipinski definition) is 5. The van der Waals surface area contributed by atoms with Gasteiger partial charge < -0.3 is 14.7 Å². The molecule has 0 bridgehead atoms. The Morgan fingerprint density at radius 3 is 2.48 bits per heavy atom. The summed E-state index contributed by atoms with van der Waals surface area (Å²) in [5.41, 5.74) is 2.16. The number of likely N-dealkylation sites (tertiary alicyclic amines) is 1. The number of alkyl halides is 3. The lowest BCUT2D eigenvalue weighted by atomic mass is 10.1. The lowest BCUT2D eigenvalue weighted by molar-refractivity contribution is -0.192. The van der Waals surface area contributed by atoms with Crippen LogP contribution < -0.4 is 4.74 Å². The lowest BCUT2D eigenvalue weighted by Crippen LogP contribution is -2.38. The Morgan fingerprint density at radius 1 is 1.21 bits per heavy atom. The van der Waals surface area contributed by atoms with Gasteiger partial charge in [0.2, 0.25) is 0 Å². The van der Waals surface area contributed by atoms with Crippen LogP contribution in [-0.2, 0) is 4.79 Å². The highest BCUT2D eigenvalue weighted by Gasteiger charge is 2.38. The SMILES string of the molecule is CN1CCCC(Oc2cncc(C=Cc3ccncc3)c2)C1.O=C(O)C(F)(F)F. The van der Waals surface area contributed by atoms with E-state index < -0.39 is 12.1 Å². The minimum Gasteiger partial charge on any atom is -0.487 e. The Bertz CT molecular complexity index is 813. The van der Waals surface area contributed by atoms with Crippen LogP contribution in [0.5, 0.6) is 5.75 Å². The molecule has 1 atom stereocenters. The molecule has 1 saturated heterocycles. The van der Waals surface area contributed by atoms with Gasteiger partial charge in [-0.15, -0.1) is 0 Å². The number of pyridine rings is 2. The number of carboxylic acid groups (broad SMARTS) is 1. The van der Waals surface area contributed by atoms with E-state index in [1.807, 2.05) is 30.5 Å². The Hall–Kier alpha value is -2.94. The molecule has 1 aliphatic heterocycles. The molecule has 29 heavy (non-hydrogen) atoms. The van der Waals surface area contributed by atoms with Gasteiger partial charge in [-0.05, 0) is 55.8 Å². The molecule has 1 aliphatic rings. The fourth-order valence-electron chi connectivity index (χ4n) is 2.67. The van der Waals surface area contributed by atoms with E-state index in [0.29, 0.717) is 0 Å². The smallest absolute Gasteiger partial charge is 0.487 e. The molecular weight excluding hydrogens is 387 g/mol. The zero-order valence-corrected chi connectivity index (χ0v) is 15.8. The van der Waals surface area contributed by atoms with Crippen LogP contribution in [0.25, 0.3) is 12.2 Å². The molecule has 0 aromatic carbocycles. The number of carboxylic acids is 1. The number of rotatable bonds is 4. The quantitative estimate of drug-likeness (QED) is 0.829. The van der Waals surface area contributed by atoms with Gasteiger partial charge in [0.1, 0.15) is 11.9 Å². The molecule has 0 radical (unpaired) electrons. The van der Waals surface area contributed by atoms with E-state index in [-0.39, 0.29) is 6.10 Å². The van der Waals surface area contributed by atoms with Crippen LogP contribution >= 0.6 is 0 Å². The highest BCUT2D eigenvalue weighted by atomic mass is 19.4. The second-order valence-corrected chi connectivity index (χ2v) is 6.52. The molecule has 0 saturated carbocycles. The molecule has 2 aromatic heterocycles. The Labute approximate surface area is 166 Å². The fourth-order valence-corrected chi connectivity index (χ4v) is 2.67. The van der Waals surface area contributed by atoms with Crippen LogP contribution in [0.15, 0.2) is 43.0 Å². The second-order valence-electron chi connectivity index (χ2n) is 6.52. The van der Waals surface area contributed by atoms with Crippen molar-refractivity contribution in [3.05, 3.63) is 54.1 Å². The fraction of sp³-hybridized carbons (Fsp3) is 0.350. The third-order valence-corrected chi connectivity index (χ3v) is 4.04. The summed E-state index contributed by atoms with van der Waals surface area (Å²) in [6.07, 6.45) is 8.79. The van der Waals surface area contributed by atoms with Crippen molar-refractivity contribution < 1.29 is 27.8 Å². The number of halogens is 3. The van der Waals surface area contributed by atoms with Crippen molar-refractivity contribution in [1.29, 1.82) is 0 Å². The standard InChI is InChI=1S/C18H21N3O.C2HF3O2/c1-21-10-2-3-17(14-21)22-18-11-16(12-20-13-18)5-4-15-6-8-19-9-7-15;3-2(4,5)1(6)7/h4-9,11-13,17H,2-3,10,14H2,1H3;(H,6,7). The highest BCUT2D eigenvalue weighted by Crippen LogP contribution is 2.19. The summed E-state index contributed by atoms with van der Waals surface area (Å²) in [6.45, 7) is 2.14. The van der Waals surface area contributed by atoms with Crippen LogP contribution in [-0.4, -0.2) is 58.4 Å². The first-order chi connectivity index (χ1) is 13.7. The zero-order chi connectivity index (χ0) is 21.3. The van der Waals surface area contributed by atoms with E-state index in [1.54, 1.807) is 18.6 Å². The molecule has 3 rings (SSSR count). The first-order valence-electron chi connectivity index (χ1n) is 8.92. The Morgan fingerprint density at radius 2 is 1.86 bits per heavy atom. The van der Waals surface area contributed by atoms with Gasteiger partial charge in [-0.2, -0.15) is 13.2 Å². The molecule has 9 heteroatoms. The number of ether oxygens (including phenoxy) is 1. The predicted molar refractivity (Wildman–Crippen MR) is 102 cm³/mol. The van der Waals surface area contributed by atoms with Gasteiger partial charge in [0, 0.05) is 25.1 Å². The lowest BCUT2D eigenvalue weighted by Gasteiger charge is -2.29. The first-order valence-corrected chi connectivity index (χ1v) is 8.92. The molecule has 6 nitrogen and oxygen atoms in total. The van der Waals surface area contributed by atoms with E-state index in [1.165, 1.54) is 6.42 Å². The van der Waals surface area contributed by atoms with Gasteiger partial charge in [0.25, 0.3) is 0 Å². The van der Waals surface area contributed by atoms with E-state index in [4.69, 9.17) is 14.6 Å². The largest absolute Gasteiger partial charge is 0.490 e. The Kier molecular flexibility index (Phi) is 8.14. The first kappa shape index (κ1) is 22.4. The summed E-state index contributed by atoms with van der Waals surface area (Å²) in [4.78, 5) is 19.5. The average Bonchev–Trinajstić information content (AvgIpc) is 2.67. The third-order valence-electron chi connectivity index (χ3n) is 4.04. The van der Waals surface area contributed by atoms with Crippen LogP contribution in [0.2, 0.25) is 0 Å². The molecule has 1 fully saturated rings. The van der Waals surface area contributed by atoms with Gasteiger partial charge in [-0.3, -0.25) is 9.97 Å². The molecule has 0 amide bonds. The van der Waals surface area contributed by atoms with Crippen LogP contribution in [0, 0.1) is 0 Å². The monoisotopic (exact) mass is 409 g/mol. The molecule has 0 spiro atoms. The summed E-state index contributed by atoms with van der Waals surface area (Å²) in [5, 5.41) is 7.12. The van der Waals surface area contributed by atoms with Crippen molar-refractivity contribution in [2.45, 2.75) is 25.1 Å². The van der Waals surface area contributed by atoms with Crippen molar-refractivity contribution >= 4 is 18.1 Å². The van der Waals surface area contributed by atoms with E-state index >= 15 is 0 Å². The van der Waals surface area contributed by atoms with Gasteiger partial charge in [0.05, 0.1) is 6.20 Å². The topological polar surface area (TPSA) is 75.5 Å². The minimum absolute atomic E-state index is 0.264. The molecule has 2 aromatic rings. The van der Waals surface area contributed by atoms with Crippen molar-refractivity contribution in [2.24, 2.45) is 0 Å². The number of aliphatic carboxylic acids is 1. The number of aromatic nitrogens is 2. The highest BCUT2D eigenvalue weighted by molar-refractivity contribution is 5.73. The van der Waals surface area contributed by atoms with Gasteiger partial charge in [-0.1, -0.05) is 12.2 Å². The maximum Gasteiger partial charge on any atom is 0.490 e. The number of hydrogen-bond donors (Lipinski definition) is 1. The predicted octanol–water partition coefficient (Wildman–Crippen LogP) is 3.75. The molecule has 156 valence electrons. The van der Waals surface area contributed by atoms with Crippen LogP contribution in [0.4, 0.5) is 13.2 Å². The summed E-state index contributed by atoms with van der Waals surface area (Å²) >= 11 is 0. The number of nitrogens with zero attached hydrogens (tertiary/aromatic N) is 3.